The van der Waals surface area contributed by atoms with Gasteiger partial charge < -0.3 is 9.84 Å². The molecular formula is C9H17NO2. The molecule has 0 atom stereocenters. The topological polar surface area (TPSA) is 32.7 Å². The van der Waals surface area contributed by atoms with Gasteiger partial charge in [-0.2, -0.15) is 0 Å². The lowest BCUT2D eigenvalue weighted by Crippen LogP contribution is -2.53. The van der Waals surface area contributed by atoms with Gasteiger partial charge in [-0.1, -0.05) is 0 Å². The Balaban J connectivity index is 1.69. The van der Waals surface area contributed by atoms with Crippen LogP contribution >= 0.6 is 0 Å². The first-order chi connectivity index (χ1) is 5.78. The standard InChI is InChI=1S/C9H17NO2/c1-12-8-4-10(5-8)6-9(7-11)2-3-9/h8,11H,2-7H2,1H3. The summed E-state index contributed by atoms with van der Waals surface area (Å²) in [6.45, 7) is 3.54. The maximum absolute atomic E-state index is 9.09. The van der Waals surface area contributed by atoms with Crippen LogP contribution in [0.3, 0.4) is 0 Å². The first kappa shape index (κ1) is 8.48. The normalized spacial score (nSPS) is 28.5. The van der Waals surface area contributed by atoms with E-state index in [1.807, 2.05) is 0 Å². The summed E-state index contributed by atoms with van der Waals surface area (Å²) in [7, 11) is 1.76. The predicted molar refractivity (Wildman–Crippen MR) is 46.0 cm³/mol. The molecule has 12 heavy (non-hydrogen) atoms. The second-order valence-corrected chi connectivity index (χ2v) is 4.21. The van der Waals surface area contributed by atoms with Crippen molar-refractivity contribution in [2.45, 2.75) is 18.9 Å². The van der Waals surface area contributed by atoms with Gasteiger partial charge in [0.05, 0.1) is 6.10 Å². The molecule has 0 unspecified atom stereocenters. The highest BCUT2D eigenvalue weighted by Crippen LogP contribution is 2.46. The van der Waals surface area contributed by atoms with Gasteiger partial charge in [0.1, 0.15) is 0 Å². The van der Waals surface area contributed by atoms with Crippen molar-refractivity contribution in [1.82, 2.24) is 4.90 Å². The molecule has 70 valence electrons. The van der Waals surface area contributed by atoms with Crippen molar-refractivity contribution in [3.8, 4) is 0 Å². The van der Waals surface area contributed by atoms with E-state index in [1.54, 1.807) is 7.11 Å². The van der Waals surface area contributed by atoms with Crippen molar-refractivity contribution in [2.75, 3.05) is 33.4 Å². The maximum Gasteiger partial charge on any atom is 0.0824 e. The highest BCUT2D eigenvalue weighted by molar-refractivity contribution is 4.97. The lowest BCUT2D eigenvalue weighted by atomic mass is 10.0. The fourth-order valence-electron chi connectivity index (χ4n) is 1.82. The van der Waals surface area contributed by atoms with Gasteiger partial charge in [0.15, 0.2) is 0 Å². The molecule has 0 aromatic carbocycles. The first-order valence-corrected chi connectivity index (χ1v) is 4.64. The molecule has 1 aliphatic carbocycles. The Labute approximate surface area is 73.3 Å². The molecule has 3 heteroatoms. The van der Waals surface area contributed by atoms with Crippen LogP contribution in [0.2, 0.25) is 0 Å². The second-order valence-electron chi connectivity index (χ2n) is 4.21. The number of hydrogen-bond donors (Lipinski definition) is 1. The first-order valence-electron chi connectivity index (χ1n) is 4.64. The number of aliphatic hydroxyl groups is 1. The quantitative estimate of drug-likeness (QED) is 0.650. The molecular weight excluding hydrogens is 154 g/mol. The third-order valence-corrected chi connectivity index (χ3v) is 3.11. The van der Waals surface area contributed by atoms with Gasteiger partial charge in [0.25, 0.3) is 0 Å². The molecule has 2 aliphatic rings. The van der Waals surface area contributed by atoms with Crippen molar-refractivity contribution in [2.24, 2.45) is 5.41 Å². The average Bonchev–Trinajstić information content (AvgIpc) is 2.77. The van der Waals surface area contributed by atoms with Crippen LogP contribution in [0.15, 0.2) is 0 Å². The van der Waals surface area contributed by atoms with E-state index < -0.39 is 0 Å². The summed E-state index contributed by atoms with van der Waals surface area (Å²) < 4.78 is 5.18. The number of methoxy groups -OCH3 is 1. The zero-order chi connectivity index (χ0) is 8.60. The van der Waals surface area contributed by atoms with E-state index in [2.05, 4.69) is 4.90 Å². The van der Waals surface area contributed by atoms with Gasteiger partial charge in [0, 0.05) is 38.8 Å². The smallest absolute Gasteiger partial charge is 0.0824 e. The molecule has 2 rings (SSSR count). The molecule has 0 spiro atoms. The fourth-order valence-corrected chi connectivity index (χ4v) is 1.82. The highest BCUT2D eigenvalue weighted by Gasteiger charge is 2.45. The van der Waals surface area contributed by atoms with Gasteiger partial charge in [0.2, 0.25) is 0 Å². The Morgan fingerprint density at radius 2 is 2.17 bits per heavy atom. The molecule has 0 bridgehead atoms. The summed E-state index contributed by atoms with van der Waals surface area (Å²) in [4.78, 5) is 2.37. The molecule has 0 aromatic rings. The van der Waals surface area contributed by atoms with Gasteiger partial charge in [-0.3, -0.25) is 4.90 Å². The lowest BCUT2D eigenvalue weighted by Gasteiger charge is -2.40. The summed E-state index contributed by atoms with van der Waals surface area (Å²) in [6.07, 6.45) is 2.86. The van der Waals surface area contributed by atoms with Crippen LogP contribution in [-0.4, -0.2) is 49.5 Å². The number of nitrogens with zero attached hydrogens (tertiary/aromatic N) is 1. The highest BCUT2D eigenvalue weighted by atomic mass is 16.5. The lowest BCUT2D eigenvalue weighted by molar-refractivity contribution is -0.0417. The molecule has 0 aromatic heterocycles. The average molecular weight is 171 g/mol. The maximum atomic E-state index is 9.09. The molecule has 0 radical (unpaired) electrons. The Morgan fingerprint density at radius 3 is 2.58 bits per heavy atom. The van der Waals surface area contributed by atoms with Crippen LogP contribution in [0.4, 0.5) is 0 Å². The molecule has 3 nitrogen and oxygen atoms in total. The molecule has 1 aliphatic heterocycles. The van der Waals surface area contributed by atoms with Crippen LogP contribution in [0.1, 0.15) is 12.8 Å². The minimum Gasteiger partial charge on any atom is -0.396 e. The van der Waals surface area contributed by atoms with Gasteiger partial charge in [-0.05, 0) is 12.8 Å². The monoisotopic (exact) mass is 171 g/mol. The van der Waals surface area contributed by atoms with E-state index in [0.29, 0.717) is 12.7 Å². The largest absolute Gasteiger partial charge is 0.396 e. The van der Waals surface area contributed by atoms with Gasteiger partial charge in [-0.15, -0.1) is 0 Å². The van der Waals surface area contributed by atoms with Crippen LogP contribution in [0.5, 0.6) is 0 Å². The zero-order valence-electron chi connectivity index (χ0n) is 7.62. The molecule has 1 saturated heterocycles. The molecule has 1 N–H and O–H groups in total. The van der Waals surface area contributed by atoms with E-state index in [-0.39, 0.29) is 5.41 Å². The third-order valence-electron chi connectivity index (χ3n) is 3.11. The second kappa shape index (κ2) is 2.98. The zero-order valence-corrected chi connectivity index (χ0v) is 7.62. The summed E-state index contributed by atoms with van der Waals surface area (Å²) >= 11 is 0. The van der Waals surface area contributed by atoms with E-state index in [9.17, 15) is 0 Å². The summed E-state index contributed by atoms with van der Waals surface area (Å²) in [5.41, 5.74) is 0.276. The SMILES string of the molecule is COC1CN(CC2(CO)CC2)C1. The third kappa shape index (κ3) is 1.49. The van der Waals surface area contributed by atoms with Crippen molar-refractivity contribution < 1.29 is 9.84 Å². The molecule has 1 saturated carbocycles. The van der Waals surface area contributed by atoms with Crippen LogP contribution in [0, 0.1) is 5.41 Å². The number of likely N-dealkylation sites (tertiary alicyclic amines) is 1. The summed E-state index contributed by atoms with van der Waals surface area (Å²) in [6, 6.07) is 0. The van der Waals surface area contributed by atoms with Crippen LogP contribution in [-0.2, 0) is 4.74 Å². The Kier molecular flexibility index (Phi) is 2.10. The number of rotatable bonds is 4. The van der Waals surface area contributed by atoms with Crippen molar-refractivity contribution in [3.63, 3.8) is 0 Å². The number of hydrogen-bond acceptors (Lipinski definition) is 3. The minimum absolute atomic E-state index is 0.276. The van der Waals surface area contributed by atoms with Gasteiger partial charge >= 0.3 is 0 Å². The van der Waals surface area contributed by atoms with Gasteiger partial charge in [-0.25, -0.2) is 0 Å². The van der Waals surface area contributed by atoms with Crippen LogP contribution < -0.4 is 0 Å². The van der Waals surface area contributed by atoms with E-state index in [1.165, 1.54) is 12.8 Å². The Hall–Kier alpha value is -0.120. The van der Waals surface area contributed by atoms with Crippen LogP contribution in [0.25, 0.3) is 0 Å². The van der Waals surface area contributed by atoms with Crippen molar-refractivity contribution in [1.29, 1.82) is 0 Å². The van der Waals surface area contributed by atoms with Crippen molar-refractivity contribution >= 4 is 0 Å². The van der Waals surface area contributed by atoms with Crippen molar-refractivity contribution in [3.05, 3.63) is 0 Å². The van der Waals surface area contributed by atoms with E-state index >= 15 is 0 Å². The molecule has 1 heterocycles. The van der Waals surface area contributed by atoms with E-state index in [4.69, 9.17) is 9.84 Å². The fraction of sp³-hybridized carbons (Fsp3) is 1.00. The van der Waals surface area contributed by atoms with E-state index in [0.717, 1.165) is 19.6 Å². The molecule has 0 amide bonds. The molecule has 2 fully saturated rings. The predicted octanol–water partition coefficient (Wildman–Crippen LogP) is 0.0895. The number of aliphatic hydroxyl groups excluding tert-OH is 1. The summed E-state index contributed by atoms with van der Waals surface area (Å²) in [5.74, 6) is 0. The Bertz CT molecular complexity index is 162. The number of ether oxygens (including phenoxy) is 1. The minimum atomic E-state index is 0.276. The Morgan fingerprint density at radius 1 is 1.50 bits per heavy atom. The summed E-state index contributed by atoms with van der Waals surface area (Å²) in [5, 5.41) is 9.09.